The van der Waals surface area contributed by atoms with Gasteiger partial charge in [-0.25, -0.2) is 9.97 Å². The first-order valence-corrected chi connectivity index (χ1v) is 12.9. The molecule has 11 nitrogen and oxygen atoms in total. The molecular formula is C27H31N7O4. The average Bonchev–Trinajstić information content (AvgIpc) is 3.37. The van der Waals surface area contributed by atoms with E-state index in [0.717, 1.165) is 29.9 Å². The number of oxazole rings is 1. The highest BCUT2D eigenvalue weighted by atomic mass is 16.5. The molecule has 198 valence electrons. The fraction of sp³-hybridized carbons (Fsp3) is 0.370. The molecule has 4 aromatic rings. The van der Waals surface area contributed by atoms with E-state index in [-0.39, 0.29) is 6.10 Å². The van der Waals surface area contributed by atoms with Gasteiger partial charge in [-0.05, 0) is 43.2 Å². The summed E-state index contributed by atoms with van der Waals surface area (Å²) >= 11 is 0. The number of rotatable bonds is 6. The highest BCUT2D eigenvalue weighted by molar-refractivity contribution is 5.88. The summed E-state index contributed by atoms with van der Waals surface area (Å²) in [6.07, 6.45) is 1.64. The van der Waals surface area contributed by atoms with Crippen LogP contribution in [0.25, 0.3) is 22.4 Å². The number of nitrogens with two attached hydrogens (primary N) is 1. The van der Waals surface area contributed by atoms with Crippen LogP contribution in [0.4, 0.5) is 23.2 Å². The van der Waals surface area contributed by atoms with Crippen molar-refractivity contribution in [3.63, 3.8) is 0 Å². The van der Waals surface area contributed by atoms with Gasteiger partial charge in [-0.3, -0.25) is 0 Å². The summed E-state index contributed by atoms with van der Waals surface area (Å²) in [7, 11) is 0. The Morgan fingerprint density at radius 3 is 2.58 bits per heavy atom. The molecule has 38 heavy (non-hydrogen) atoms. The van der Waals surface area contributed by atoms with Gasteiger partial charge < -0.3 is 40.2 Å². The molecule has 1 atom stereocenters. The fourth-order valence-corrected chi connectivity index (χ4v) is 4.87. The first kappa shape index (κ1) is 24.4. The highest BCUT2D eigenvalue weighted by Gasteiger charge is 2.24. The molecular weight excluding hydrogens is 486 g/mol. The number of morpholine rings is 1. The molecule has 2 aliphatic heterocycles. The van der Waals surface area contributed by atoms with E-state index < -0.39 is 6.23 Å². The van der Waals surface area contributed by atoms with Crippen LogP contribution in [-0.4, -0.2) is 70.7 Å². The lowest BCUT2D eigenvalue weighted by molar-refractivity contribution is 0.120. The fourth-order valence-electron chi connectivity index (χ4n) is 4.87. The summed E-state index contributed by atoms with van der Waals surface area (Å²) in [5.74, 6) is 0.434. The Morgan fingerprint density at radius 2 is 1.82 bits per heavy atom. The quantitative estimate of drug-likeness (QED) is 0.280. The van der Waals surface area contributed by atoms with Crippen LogP contribution in [0.3, 0.4) is 0 Å². The SMILES string of the molecule is Nc1ccc(-c2cccc(C(O)Nc3cc4oc(N5CCOCC5)nc4cc3N3CCC(O)CC3)n2)cn1. The number of pyridine rings is 2. The summed E-state index contributed by atoms with van der Waals surface area (Å²) < 4.78 is 11.6. The standard InChI is InChI=1S/C27H31N7O4/c28-25-5-4-17(16-29-25)19-2-1-3-20(30-19)26(36)31-21-15-24-22(14-23(21)33-8-6-18(35)7-9-33)32-27(38-24)34-10-12-37-13-11-34/h1-5,14-16,18,26,31,35-36H,6-13H2,(H2,28,29). The van der Waals surface area contributed by atoms with E-state index in [1.165, 1.54) is 0 Å². The highest BCUT2D eigenvalue weighted by Crippen LogP contribution is 2.36. The zero-order valence-corrected chi connectivity index (χ0v) is 21.0. The van der Waals surface area contributed by atoms with Crippen LogP contribution in [0, 0.1) is 0 Å². The molecule has 6 rings (SSSR count). The molecule has 1 unspecified atom stereocenters. The van der Waals surface area contributed by atoms with Crippen molar-refractivity contribution in [3.05, 3.63) is 54.4 Å². The lowest BCUT2D eigenvalue weighted by Crippen LogP contribution is -2.36. The number of aliphatic hydroxyl groups is 2. The van der Waals surface area contributed by atoms with Gasteiger partial charge in [0.05, 0.1) is 42.1 Å². The Kier molecular flexibility index (Phi) is 6.71. The van der Waals surface area contributed by atoms with Gasteiger partial charge in [-0.1, -0.05) is 6.07 Å². The number of anilines is 4. The van der Waals surface area contributed by atoms with Gasteiger partial charge in [-0.2, -0.15) is 4.98 Å². The maximum atomic E-state index is 11.2. The van der Waals surface area contributed by atoms with E-state index in [0.29, 0.717) is 73.6 Å². The third-order valence-electron chi connectivity index (χ3n) is 7.01. The Hall–Kier alpha value is -3.93. The van der Waals surface area contributed by atoms with E-state index in [1.807, 2.05) is 30.3 Å². The van der Waals surface area contributed by atoms with Crippen LogP contribution in [0.15, 0.2) is 53.1 Å². The molecule has 0 saturated carbocycles. The summed E-state index contributed by atoms with van der Waals surface area (Å²) in [6, 6.07) is 13.5. The monoisotopic (exact) mass is 517 g/mol. The number of benzene rings is 1. The van der Waals surface area contributed by atoms with Crippen molar-refractivity contribution in [1.29, 1.82) is 0 Å². The number of piperidine rings is 1. The van der Waals surface area contributed by atoms with E-state index >= 15 is 0 Å². The molecule has 2 saturated heterocycles. The topological polar surface area (TPSA) is 146 Å². The van der Waals surface area contributed by atoms with E-state index in [4.69, 9.17) is 19.9 Å². The third-order valence-corrected chi connectivity index (χ3v) is 7.01. The molecule has 0 spiro atoms. The molecule has 1 aromatic carbocycles. The summed E-state index contributed by atoms with van der Waals surface area (Å²) in [4.78, 5) is 17.8. The lowest BCUT2D eigenvalue weighted by Gasteiger charge is -2.33. The number of hydrogen-bond donors (Lipinski definition) is 4. The zero-order chi connectivity index (χ0) is 26.1. The van der Waals surface area contributed by atoms with Crippen molar-refractivity contribution in [2.75, 3.05) is 60.2 Å². The predicted molar refractivity (Wildman–Crippen MR) is 145 cm³/mol. The minimum Gasteiger partial charge on any atom is -0.423 e. The summed E-state index contributed by atoms with van der Waals surface area (Å²) in [5, 5.41) is 24.5. The smallest absolute Gasteiger partial charge is 0.298 e. The number of fused-ring (bicyclic) bond motifs is 1. The third kappa shape index (κ3) is 5.08. The number of nitrogens with one attached hydrogen (secondary N) is 1. The minimum absolute atomic E-state index is 0.299. The second-order valence-electron chi connectivity index (χ2n) is 9.62. The Bertz CT molecular complexity index is 1400. The van der Waals surface area contributed by atoms with Crippen LogP contribution < -0.4 is 20.9 Å². The van der Waals surface area contributed by atoms with E-state index in [9.17, 15) is 10.2 Å². The molecule has 0 amide bonds. The number of hydrogen-bond acceptors (Lipinski definition) is 11. The van der Waals surface area contributed by atoms with Gasteiger partial charge in [0.15, 0.2) is 11.8 Å². The van der Waals surface area contributed by atoms with E-state index in [1.54, 1.807) is 18.3 Å². The molecule has 0 radical (unpaired) electrons. The Labute approximate surface area is 219 Å². The van der Waals surface area contributed by atoms with Crippen LogP contribution in [0.5, 0.6) is 0 Å². The summed E-state index contributed by atoms with van der Waals surface area (Å²) in [6.45, 7) is 4.11. The number of nitrogens with zero attached hydrogens (tertiary/aromatic N) is 5. The van der Waals surface area contributed by atoms with Crippen molar-refractivity contribution < 1.29 is 19.4 Å². The van der Waals surface area contributed by atoms with Gasteiger partial charge in [0.2, 0.25) is 0 Å². The van der Waals surface area contributed by atoms with Gasteiger partial charge >= 0.3 is 0 Å². The maximum Gasteiger partial charge on any atom is 0.298 e. The van der Waals surface area contributed by atoms with Gasteiger partial charge in [0.1, 0.15) is 11.3 Å². The molecule has 5 N–H and O–H groups in total. The zero-order valence-electron chi connectivity index (χ0n) is 21.0. The lowest BCUT2D eigenvalue weighted by atomic mass is 10.1. The second kappa shape index (κ2) is 10.4. The van der Waals surface area contributed by atoms with Crippen LogP contribution >= 0.6 is 0 Å². The van der Waals surface area contributed by atoms with Crippen LogP contribution in [-0.2, 0) is 4.74 Å². The van der Waals surface area contributed by atoms with Crippen molar-refractivity contribution in [2.24, 2.45) is 0 Å². The normalized spacial score (nSPS) is 17.6. The average molecular weight is 518 g/mol. The van der Waals surface area contributed by atoms with Crippen molar-refractivity contribution >= 4 is 34.3 Å². The maximum absolute atomic E-state index is 11.2. The number of aromatic nitrogens is 3. The molecule has 0 bridgehead atoms. The number of aliphatic hydroxyl groups excluding tert-OH is 2. The molecule has 3 aromatic heterocycles. The van der Waals surface area contributed by atoms with Gasteiger partial charge in [0, 0.05) is 44.0 Å². The first-order valence-electron chi connectivity index (χ1n) is 12.9. The van der Waals surface area contributed by atoms with Crippen LogP contribution in [0.1, 0.15) is 24.8 Å². The first-order chi connectivity index (χ1) is 18.5. The van der Waals surface area contributed by atoms with Crippen molar-refractivity contribution in [2.45, 2.75) is 25.2 Å². The van der Waals surface area contributed by atoms with Crippen molar-refractivity contribution in [3.8, 4) is 11.3 Å². The molecule has 0 aliphatic carbocycles. The number of nitrogen functional groups attached to an aromatic ring is 1. The van der Waals surface area contributed by atoms with Gasteiger partial charge in [-0.15, -0.1) is 0 Å². The van der Waals surface area contributed by atoms with Crippen molar-refractivity contribution in [1.82, 2.24) is 15.0 Å². The van der Waals surface area contributed by atoms with Crippen LogP contribution in [0.2, 0.25) is 0 Å². The minimum atomic E-state index is -1.08. The van der Waals surface area contributed by atoms with Gasteiger partial charge in [0.25, 0.3) is 6.01 Å². The predicted octanol–water partition coefficient (Wildman–Crippen LogP) is 2.77. The molecule has 2 aliphatic rings. The van der Waals surface area contributed by atoms with E-state index in [2.05, 4.69) is 25.1 Å². The summed E-state index contributed by atoms with van der Waals surface area (Å²) in [5.41, 5.74) is 10.6. The number of ether oxygens (including phenoxy) is 1. The largest absolute Gasteiger partial charge is 0.423 e. The Morgan fingerprint density at radius 1 is 1.00 bits per heavy atom. The molecule has 5 heterocycles. The molecule has 11 heteroatoms. The molecule has 2 fully saturated rings. The second-order valence-corrected chi connectivity index (χ2v) is 9.62. The Balaban J connectivity index is 1.32.